The summed E-state index contributed by atoms with van der Waals surface area (Å²) in [5, 5.41) is 13.0. The van der Waals surface area contributed by atoms with Crippen LogP contribution in [0.3, 0.4) is 0 Å². The minimum absolute atomic E-state index is 0.0569. The first-order valence-corrected chi connectivity index (χ1v) is 11.4. The maximum atomic E-state index is 13.3. The lowest BCUT2D eigenvalue weighted by Crippen LogP contribution is -2.14. The highest BCUT2D eigenvalue weighted by atomic mass is 35.5. The zero-order valence-corrected chi connectivity index (χ0v) is 19.3. The predicted molar refractivity (Wildman–Crippen MR) is 128 cm³/mol. The van der Waals surface area contributed by atoms with Crippen LogP contribution in [0.1, 0.15) is 0 Å². The van der Waals surface area contributed by atoms with E-state index in [1.807, 2.05) is 28.8 Å². The fourth-order valence-electron chi connectivity index (χ4n) is 2.87. The number of aromatic nitrogens is 3. The second kappa shape index (κ2) is 9.92. The van der Waals surface area contributed by atoms with Crippen LogP contribution in [0, 0.1) is 5.82 Å². The molecular weight excluding hydrogens is 494 g/mol. The van der Waals surface area contributed by atoms with E-state index in [-0.39, 0.29) is 16.7 Å². The van der Waals surface area contributed by atoms with Crippen molar-refractivity contribution in [1.29, 1.82) is 0 Å². The average Bonchev–Trinajstić information content (AvgIpc) is 3.20. The number of carbonyl (C=O) groups excluding carboxylic acids is 1. The van der Waals surface area contributed by atoms with Crippen LogP contribution in [0.25, 0.3) is 17.1 Å². The van der Waals surface area contributed by atoms with Crippen molar-refractivity contribution in [3.05, 3.63) is 87.6 Å². The number of amides is 1. The second-order valence-corrected chi connectivity index (χ2v) is 8.81. The Hall–Kier alpha value is -2.58. The molecule has 32 heavy (non-hydrogen) atoms. The van der Waals surface area contributed by atoms with E-state index in [1.54, 1.807) is 24.3 Å². The maximum Gasteiger partial charge on any atom is 0.234 e. The Balaban J connectivity index is 1.59. The van der Waals surface area contributed by atoms with E-state index in [0.717, 1.165) is 11.3 Å². The number of anilines is 1. The highest BCUT2D eigenvalue weighted by Gasteiger charge is 2.17. The van der Waals surface area contributed by atoms with Crippen molar-refractivity contribution >= 4 is 58.2 Å². The van der Waals surface area contributed by atoms with Crippen LogP contribution in [0.5, 0.6) is 0 Å². The van der Waals surface area contributed by atoms with E-state index in [0.29, 0.717) is 26.7 Å². The smallest absolute Gasteiger partial charge is 0.234 e. The summed E-state index contributed by atoms with van der Waals surface area (Å²) in [6.45, 7) is 0. The quantitative estimate of drug-likeness (QED) is 0.293. The van der Waals surface area contributed by atoms with E-state index in [9.17, 15) is 9.18 Å². The normalized spacial score (nSPS) is 10.9. The summed E-state index contributed by atoms with van der Waals surface area (Å²) in [7, 11) is 0. The van der Waals surface area contributed by atoms with Crippen LogP contribution >= 0.6 is 46.6 Å². The molecule has 162 valence electrons. The second-order valence-electron chi connectivity index (χ2n) is 6.59. The minimum atomic E-state index is -0.551. The van der Waals surface area contributed by atoms with Crippen LogP contribution < -0.4 is 5.32 Å². The van der Waals surface area contributed by atoms with E-state index in [4.69, 9.17) is 34.8 Å². The summed E-state index contributed by atoms with van der Waals surface area (Å²) in [6.07, 6.45) is 0. The van der Waals surface area contributed by atoms with Gasteiger partial charge in [-0.15, -0.1) is 10.2 Å². The maximum absolute atomic E-state index is 13.3. The number of hydrogen-bond acceptors (Lipinski definition) is 4. The molecule has 0 fully saturated rings. The highest BCUT2D eigenvalue weighted by molar-refractivity contribution is 7.99. The molecule has 3 aromatic carbocycles. The number of nitrogens with one attached hydrogen (secondary N) is 1. The lowest BCUT2D eigenvalue weighted by atomic mass is 10.2. The van der Waals surface area contributed by atoms with Gasteiger partial charge in [-0.1, -0.05) is 46.6 Å². The van der Waals surface area contributed by atoms with Gasteiger partial charge in [0, 0.05) is 27.0 Å². The van der Waals surface area contributed by atoms with Crippen molar-refractivity contribution in [2.45, 2.75) is 5.16 Å². The number of thioether (sulfide) groups is 1. The van der Waals surface area contributed by atoms with E-state index < -0.39 is 5.82 Å². The molecule has 0 saturated carbocycles. The lowest BCUT2D eigenvalue weighted by molar-refractivity contribution is -0.113. The molecule has 1 amide bonds. The summed E-state index contributed by atoms with van der Waals surface area (Å²) < 4.78 is 15.2. The Morgan fingerprint density at radius 2 is 1.59 bits per heavy atom. The van der Waals surface area contributed by atoms with Crippen LogP contribution in [0.15, 0.2) is 71.9 Å². The van der Waals surface area contributed by atoms with Crippen molar-refractivity contribution < 1.29 is 9.18 Å². The topological polar surface area (TPSA) is 59.8 Å². The summed E-state index contributed by atoms with van der Waals surface area (Å²) in [6, 6.07) is 18.4. The highest BCUT2D eigenvalue weighted by Crippen LogP contribution is 2.29. The van der Waals surface area contributed by atoms with Gasteiger partial charge in [-0.25, -0.2) is 4.39 Å². The van der Waals surface area contributed by atoms with Crippen molar-refractivity contribution in [3.63, 3.8) is 0 Å². The molecule has 0 saturated heterocycles. The third-order valence-corrected chi connectivity index (χ3v) is 6.08. The Labute approximate surface area is 202 Å². The Morgan fingerprint density at radius 1 is 0.938 bits per heavy atom. The van der Waals surface area contributed by atoms with Crippen LogP contribution in [-0.2, 0) is 4.79 Å². The van der Waals surface area contributed by atoms with Gasteiger partial charge < -0.3 is 5.32 Å². The molecule has 0 radical (unpaired) electrons. The van der Waals surface area contributed by atoms with Gasteiger partial charge in [0.25, 0.3) is 0 Å². The Morgan fingerprint density at radius 3 is 2.25 bits per heavy atom. The molecule has 1 aromatic heterocycles. The molecule has 4 aromatic rings. The molecule has 0 spiro atoms. The summed E-state index contributed by atoms with van der Waals surface area (Å²) >= 11 is 19.0. The van der Waals surface area contributed by atoms with Crippen LogP contribution in [-0.4, -0.2) is 26.4 Å². The summed E-state index contributed by atoms with van der Waals surface area (Å²) in [4.78, 5) is 12.4. The van der Waals surface area contributed by atoms with E-state index in [2.05, 4.69) is 15.5 Å². The number of halogens is 4. The third kappa shape index (κ3) is 5.24. The first kappa shape index (κ1) is 22.6. The van der Waals surface area contributed by atoms with Gasteiger partial charge in [-0.3, -0.25) is 9.36 Å². The largest absolute Gasteiger partial charge is 0.325 e. The van der Waals surface area contributed by atoms with Gasteiger partial charge in [0.1, 0.15) is 5.82 Å². The third-order valence-electron chi connectivity index (χ3n) is 4.36. The van der Waals surface area contributed by atoms with Crippen molar-refractivity contribution in [2.24, 2.45) is 0 Å². The predicted octanol–water partition coefficient (Wildman–Crippen LogP) is 6.76. The van der Waals surface area contributed by atoms with Crippen molar-refractivity contribution in [2.75, 3.05) is 11.1 Å². The molecule has 5 nitrogen and oxygen atoms in total. The fourth-order valence-corrected chi connectivity index (χ4v) is 4.06. The van der Waals surface area contributed by atoms with Crippen LogP contribution in [0.2, 0.25) is 15.1 Å². The van der Waals surface area contributed by atoms with Gasteiger partial charge in [0.05, 0.1) is 10.8 Å². The fraction of sp³-hybridized carbons (Fsp3) is 0.0455. The van der Waals surface area contributed by atoms with Crippen molar-refractivity contribution in [3.8, 4) is 17.1 Å². The first-order valence-electron chi connectivity index (χ1n) is 9.26. The van der Waals surface area contributed by atoms with Gasteiger partial charge in [-0.05, 0) is 66.7 Å². The molecule has 1 heterocycles. The monoisotopic (exact) mass is 506 g/mol. The zero-order chi connectivity index (χ0) is 22.7. The van der Waals surface area contributed by atoms with E-state index in [1.165, 1.54) is 30.0 Å². The number of nitrogens with zero attached hydrogens (tertiary/aromatic N) is 3. The first-order chi connectivity index (χ1) is 15.4. The molecule has 10 heteroatoms. The molecule has 0 aliphatic carbocycles. The molecule has 0 bridgehead atoms. The Kier molecular flexibility index (Phi) is 7.01. The molecule has 4 rings (SSSR count). The number of rotatable bonds is 6. The Bertz CT molecular complexity index is 1260. The molecule has 0 aliphatic heterocycles. The summed E-state index contributed by atoms with van der Waals surface area (Å²) in [5.74, 6) is -0.195. The summed E-state index contributed by atoms with van der Waals surface area (Å²) in [5.41, 5.74) is 2.01. The van der Waals surface area contributed by atoms with Gasteiger partial charge >= 0.3 is 0 Å². The molecule has 0 atom stereocenters. The molecule has 0 aliphatic rings. The lowest BCUT2D eigenvalue weighted by Gasteiger charge is -2.11. The molecule has 1 N–H and O–H groups in total. The van der Waals surface area contributed by atoms with Crippen molar-refractivity contribution in [1.82, 2.24) is 14.8 Å². The van der Waals surface area contributed by atoms with Gasteiger partial charge in [0.2, 0.25) is 5.91 Å². The number of benzene rings is 3. The van der Waals surface area contributed by atoms with Crippen LogP contribution in [0.4, 0.5) is 10.1 Å². The molecule has 0 unspecified atom stereocenters. The number of carbonyl (C=O) groups is 1. The van der Waals surface area contributed by atoms with Gasteiger partial charge in [0.15, 0.2) is 11.0 Å². The SMILES string of the molecule is O=C(CSc1nnc(-c2ccc(Cl)cc2)n1-c1ccc(Cl)cc1)Nc1ccc(F)c(Cl)c1. The number of hydrogen-bond donors (Lipinski definition) is 1. The minimum Gasteiger partial charge on any atom is -0.325 e. The average molecular weight is 508 g/mol. The molecular formula is C22H14Cl3FN4OS. The van der Waals surface area contributed by atoms with E-state index >= 15 is 0 Å². The van der Waals surface area contributed by atoms with Gasteiger partial charge in [-0.2, -0.15) is 0 Å². The zero-order valence-electron chi connectivity index (χ0n) is 16.2. The standard InChI is InChI=1S/C22H14Cl3FN4OS/c23-14-3-1-13(2-4-14)21-28-29-22(30(21)17-8-5-15(24)6-9-17)32-12-20(31)27-16-7-10-19(26)18(25)11-16/h1-11H,12H2,(H,27,31).